The van der Waals surface area contributed by atoms with Gasteiger partial charge in [0.1, 0.15) is 11.9 Å². The van der Waals surface area contributed by atoms with E-state index in [2.05, 4.69) is 33.9 Å². The summed E-state index contributed by atoms with van der Waals surface area (Å²) in [5.41, 5.74) is 1.22. The molecule has 138 valence electrons. The van der Waals surface area contributed by atoms with Crippen molar-refractivity contribution in [1.82, 2.24) is 10.6 Å². The number of carbonyl (C=O) groups excluding carboxylic acids is 1. The molecule has 2 rings (SSSR count). The van der Waals surface area contributed by atoms with E-state index in [0.717, 1.165) is 57.3 Å². The van der Waals surface area contributed by atoms with Crippen molar-refractivity contribution < 1.29 is 14.7 Å². The SMILES string of the molecule is CC(=O)NC(CCCCCCCC1C=CC2=CCCN=C2N1)C(=O)O. The number of aliphatic carboxylic acids is 1. The molecule has 2 aliphatic rings. The number of rotatable bonds is 10. The first kappa shape index (κ1) is 19.2. The van der Waals surface area contributed by atoms with Crippen LogP contribution < -0.4 is 10.6 Å². The van der Waals surface area contributed by atoms with Gasteiger partial charge in [-0.3, -0.25) is 9.79 Å². The summed E-state index contributed by atoms with van der Waals surface area (Å²) >= 11 is 0. The summed E-state index contributed by atoms with van der Waals surface area (Å²) in [7, 11) is 0. The van der Waals surface area contributed by atoms with Crippen LogP contribution in [0.15, 0.2) is 28.8 Å². The van der Waals surface area contributed by atoms with Gasteiger partial charge in [0, 0.05) is 25.1 Å². The highest BCUT2D eigenvalue weighted by atomic mass is 16.4. The number of hydrogen-bond acceptors (Lipinski definition) is 4. The average Bonchev–Trinajstić information content (AvgIpc) is 2.59. The number of unbranched alkanes of at least 4 members (excludes halogenated alkanes) is 4. The van der Waals surface area contributed by atoms with Crippen LogP contribution in [0.2, 0.25) is 0 Å². The first-order valence-corrected chi connectivity index (χ1v) is 9.26. The zero-order valence-corrected chi connectivity index (χ0v) is 15.0. The Morgan fingerprint density at radius 3 is 2.84 bits per heavy atom. The number of amidine groups is 1. The molecule has 0 saturated carbocycles. The van der Waals surface area contributed by atoms with Crippen LogP contribution in [0.25, 0.3) is 0 Å². The molecule has 3 N–H and O–H groups in total. The Labute approximate surface area is 149 Å². The number of fused-ring (bicyclic) bond motifs is 1. The van der Waals surface area contributed by atoms with Crippen LogP contribution in [0.1, 0.15) is 58.3 Å². The Balaban J connectivity index is 1.55. The summed E-state index contributed by atoms with van der Waals surface area (Å²) in [6.07, 6.45) is 14.4. The summed E-state index contributed by atoms with van der Waals surface area (Å²) in [6, 6.07) is -0.391. The summed E-state index contributed by atoms with van der Waals surface area (Å²) in [6.45, 7) is 2.23. The first-order valence-electron chi connectivity index (χ1n) is 9.26. The molecule has 2 aliphatic heterocycles. The van der Waals surface area contributed by atoms with Gasteiger partial charge < -0.3 is 15.7 Å². The minimum atomic E-state index is -0.954. The molecule has 6 nitrogen and oxygen atoms in total. The molecule has 0 spiro atoms. The summed E-state index contributed by atoms with van der Waals surface area (Å²) in [5, 5.41) is 15.0. The number of carboxylic acids is 1. The third kappa shape index (κ3) is 6.72. The Hall–Kier alpha value is -2.11. The maximum atomic E-state index is 11.0. The van der Waals surface area contributed by atoms with E-state index in [9.17, 15) is 9.59 Å². The van der Waals surface area contributed by atoms with Gasteiger partial charge in [0.25, 0.3) is 0 Å². The number of hydrogen-bond donors (Lipinski definition) is 3. The van der Waals surface area contributed by atoms with Crippen molar-refractivity contribution in [3.8, 4) is 0 Å². The largest absolute Gasteiger partial charge is 0.480 e. The van der Waals surface area contributed by atoms with E-state index in [1.165, 1.54) is 12.5 Å². The average molecular weight is 347 g/mol. The monoisotopic (exact) mass is 347 g/mol. The zero-order chi connectivity index (χ0) is 18.1. The van der Waals surface area contributed by atoms with Gasteiger partial charge in [-0.15, -0.1) is 0 Å². The maximum Gasteiger partial charge on any atom is 0.326 e. The van der Waals surface area contributed by atoms with Gasteiger partial charge in [0.15, 0.2) is 0 Å². The highest BCUT2D eigenvalue weighted by Crippen LogP contribution is 2.17. The predicted octanol–water partition coefficient (Wildman–Crippen LogP) is 2.56. The third-order valence-corrected chi connectivity index (χ3v) is 4.55. The fraction of sp³-hybridized carbons (Fsp3) is 0.632. The van der Waals surface area contributed by atoms with Crippen molar-refractivity contribution in [3.63, 3.8) is 0 Å². The smallest absolute Gasteiger partial charge is 0.326 e. The molecule has 1 amide bonds. The van der Waals surface area contributed by atoms with Crippen LogP contribution in [0.5, 0.6) is 0 Å². The van der Waals surface area contributed by atoms with Crippen LogP contribution in [-0.4, -0.2) is 41.4 Å². The van der Waals surface area contributed by atoms with Crippen molar-refractivity contribution in [3.05, 3.63) is 23.8 Å². The van der Waals surface area contributed by atoms with Crippen molar-refractivity contribution in [2.45, 2.75) is 70.4 Å². The van der Waals surface area contributed by atoms with Gasteiger partial charge in [-0.1, -0.05) is 50.3 Å². The molecule has 0 radical (unpaired) electrons. The van der Waals surface area contributed by atoms with Gasteiger partial charge in [0.2, 0.25) is 5.91 Å². The second-order valence-corrected chi connectivity index (χ2v) is 6.72. The first-order chi connectivity index (χ1) is 12.1. The molecule has 0 aromatic carbocycles. The van der Waals surface area contributed by atoms with Crippen LogP contribution >= 0.6 is 0 Å². The van der Waals surface area contributed by atoms with Gasteiger partial charge in [-0.2, -0.15) is 0 Å². The van der Waals surface area contributed by atoms with Crippen LogP contribution in [0.3, 0.4) is 0 Å². The molecular weight excluding hydrogens is 318 g/mol. The lowest BCUT2D eigenvalue weighted by Crippen LogP contribution is -2.39. The second kappa shape index (κ2) is 10.0. The molecule has 0 fully saturated rings. The number of aliphatic imine (C=N–C) groups is 1. The fourth-order valence-electron chi connectivity index (χ4n) is 3.22. The molecule has 0 aliphatic carbocycles. The van der Waals surface area contributed by atoms with E-state index in [1.807, 2.05) is 0 Å². The van der Waals surface area contributed by atoms with E-state index >= 15 is 0 Å². The Kier molecular flexibility index (Phi) is 7.70. The molecule has 2 unspecified atom stereocenters. The summed E-state index contributed by atoms with van der Waals surface area (Å²) in [4.78, 5) is 26.5. The number of carbonyl (C=O) groups is 2. The lowest BCUT2D eigenvalue weighted by atomic mass is 9.99. The van der Waals surface area contributed by atoms with Crippen molar-refractivity contribution in [2.24, 2.45) is 4.99 Å². The van der Waals surface area contributed by atoms with E-state index < -0.39 is 12.0 Å². The molecule has 6 heteroatoms. The molecule has 0 saturated heterocycles. The van der Waals surface area contributed by atoms with Gasteiger partial charge in [0.05, 0.1) is 0 Å². The summed E-state index contributed by atoms with van der Waals surface area (Å²) in [5.74, 6) is -0.207. The molecular formula is C19H29N3O3. The minimum Gasteiger partial charge on any atom is -0.480 e. The van der Waals surface area contributed by atoms with Crippen molar-refractivity contribution >= 4 is 17.7 Å². The van der Waals surface area contributed by atoms with E-state index in [0.29, 0.717) is 12.5 Å². The Morgan fingerprint density at radius 2 is 2.08 bits per heavy atom. The highest BCUT2D eigenvalue weighted by Gasteiger charge is 2.18. The Morgan fingerprint density at radius 1 is 1.32 bits per heavy atom. The second-order valence-electron chi connectivity index (χ2n) is 6.72. The molecule has 0 bridgehead atoms. The molecule has 25 heavy (non-hydrogen) atoms. The molecule has 2 heterocycles. The zero-order valence-electron chi connectivity index (χ0n) is 15.0. The molecule has 0 aromatic rings. The number of carboxylic acid groups (broad SMARTS) is 1. The number of amides is 1. The van der Waals surface area contributed by atoms with Crippen molar-refractivity contribution in [2.75, 3.05) is 6.54 Å². The quantitative estimate of drug-likeness (QED) is 0.530. The van der Waals surface area contributed by atoms with E-state index in [4.69, 9.17) is 5.11 Å². The lowest BCUT2D eigenvalue weighted by molar-refractivity contribution is -0.141. The standard InChI is InChI=1S/C19H29N3O3/c1-14(23)21-17(19(24)25)10-6-4-2-3-5-9-16-12-11-15-8-7-13-20-18(15)22-16/h8,11-12,16-17H,2-7,9-10,13H2,1H3,(H,20,22)(H,21,23)(H,24,25). The topological polar surface area (TPSA) is 90.8 Å². The van der Waals surface area contributed by atoms with E-state index in [-0.39, 0.29) is 5.91 Å². The van der Waals surface area contributed by atoms with Crippen LogP contribution in [0.4, 0.5) is 0 Å². The lowest BCUT2D eigenvalue weighted by Gasteiger charge is -2.25. The third-order valence-electron chi connectivity index (χ3n) is 4.55. The number of dihydropyridines is 1. The van der Waals surface area contributed by atoms with Crippen LogP contribution in [-0.2, 0) is 9.59 Å². The number of nitrogens with zero attached hydrogens (tertiary/aromatic N) is 1. The predicted molar refractivity (Wildman–Crippen MR) is 98.6 cm³/mol. The maximum absolute atomic E-state index is 11.0. The fourth-order valence-corrected chi connectivity index (χ4v) is 3.22. The van der Waals surface area contributed by atoms with Gasteiger partial charge in [-0.05, 0) is 19.3 Å². The highest BCUT2D eigenvalue weighted by molar-refractivity contribution is 6.02. The molecule has 0 aromatic heterocycles. The van der Waals surface area contributed by atoms with Crippen LogP contribution in [0, 0.1) is 0 Å². The Bertz CT molecular complexity index is 566. The summed E-state index contributed by atoms with van der Waals surface area (Å²) < 4.78 is 0. The normalized spacial score (nSPS) is 20.0. The van der Waals surface area contributed by atoms with E-state index in [1.54, 1.807) is 0 Å². The molecule has 2 atom stereocenters. The van der Waals surface area contributed by atoms with Crippen molar-refractivity contribution in [1.29, 1.82) is 0 Å². The minimum absolute atomic E-state index is 0.291. The number of nitrogens with one attached hydrogen (secondary N) is 2. The van der Waals surface area contributed by atoms with Gasteiger partial charge >= 0.3 is 5.97 Å². The van der Waals surface area contributed by atoms with Gasteiger partial charge in [-0.25, -0.2) is 4.79 Å².